The smallest absolute Gasteiger partial charge is 0.250 e. The summed E-state index contributed by atoms with van der Waals surface area (Å²) in [6.45, 7) is 2.50. The van der Waals surface area contributed by atoms with E-state index in [9.17, 15) is 4.39 Å². The van der Waals surface area contributed by atoms with E-state index in [4.69, 9.17) is 14.2 Å². The summed E-state index contributed by atoms with van der Waals surface area (Å²) in [6, 6.07) is 2.22. The largest absolute Gasteiger partial charge is 0.473 e. The Morgan fingerprint density at radius 2 is 2.14 bits per heavy atom. The molecule has 2 rings (SSSR count). The van der Waals surface area contributed by atoms with Crippen molar-refractivity contribution in [2.75, 3.05) is 33.5 Å². The molecule has 1 aliphatic carbocycles. The van der Waals surface area contributed by atoms with E-state index in [1.165, 1.54) is 12.8 Å². The molecule has 0 spiro atoms. The monoisotopic (exact) mass is 298 g/mol. The Kier molecular flexibility index (Phi) is 6.85. The summed E-state index contributed by atoms with van der Waals surface area (Å²) in [5, 5.41) is 3.28. The van der Waals surface area contributed by atoms with Gasteiger partial charge in [0.1, 0.15) is 6.61 Å². The molecule has 0 aliphatic heterocycles. The van der Waals surface area contributed by atoms with Gasteiger partial charge < -0.3 is 19.5 Å². The standard InChI is InChI=1S/C15H23FN2O3/c1-19-7-2-8-20-9-10-21-15-14(16)12(5-6-17-15)11-18-13-3-4-13/h5-6,13,18H,2-4,7-11H2,1H3. The van der Waals surface area contributed by atoms with Crippen molar-refractivity contribution in [3.63, 3.8) is 0 Å². The molecule has 1 aromatic rings. The van der Waals surface area contributed by atoms with E-state index in [0.29, 0.717) is 38.0 Å². The molecular weight excluding hydrogens is 275 g/mol. The van der Waals surface area contributed by atoms with Gasteiger partial charge in [-0.25, -0.2) is 9.37 Å². The highest BCUT2D eigenvalue weighted by Crippen LogP contribution is 2.21. The van der Waals surface area contributed by atoms with Gasteiger partial charge in [-0.2, -0.15) is 0 Å². The number of pyridine rings is 1. The minimum atomic E-state index is -0.384. The first-order valence-corrected chi connectivity index (χ1v) is 7.37. The summed E-state index contributed by atoms with van der Waals surface area (Å²) in [7, 11) is 1.66. The number of aromatic nitrogens is 1. The molecule has 5 nitrogen and oxygen atoms in total. The van der Waals surface area contributed by atoms with E-state index < -0.39 is 0 Å². The Morgan fingerprint density at radius 1 is 1.29 bits per heavy atom. The van der Waals surface area contributed by atoms with Gasteiger partial charge in [0, 0.05) is 44.7 Å². The Morgan fingerprint density at radius 3 is 2.90 bits per heavy atom. The average Bonchev–Trinajstić information content (AvgIpc) is 3.31. The van der Waals surface area contributed by atoms with Crippen molar-refractivity contribution in [2.45, 2.75) is 31.8 Å². The van der Waals surface area contributed by atoms with Crippen LogP contribution >= 0.6 is 0 Å². The molecule has 1 heterocycles. The van der Waals surface area contributed by atoms with Gasteiger partial charge in [0.15, 0.2) is 5.82 Å². The van der Waals surface area contributed by atoms with Crippen molar-refractivity contribution >= 4 is 0 Å². The summed E-state index contributed by atoms with van der Waals surface area (Å²) >= 11 is 0. The highest BCUT2D eigenvalue weighted by atomic mass is 19.1. The lowest BCUT2D eigenvalue weighted by Crippen LogP contribution is -2.17. The first-order chi connectivity index (χ1) is 10.3. The third-order valence-corrected chi connectivity index (χ3v) is 3.20. The normalized spacial score (nSPS) is 14.4. The molecule has 0 bridgehead atoms. The van der Waals surface area contributed by atoms with Crippen molar-refractivity contribution in [3.05, 3.63) is 23.6 Å². The average molecular weight is 298 g/mol. The van der Waals surface area contributed by atoms with E-state index in [0.717, 1.165) is 6.42 Å². The zero-order chi connectivity index (χ0) is 14.9. The molecule has 0 saturated heterocycles. The van der Waals surface area contributed by atoms with Crippen LogP contribution in [0.4, 0.5) is 4.39 Å². The molecule has 1 aromatic heterocycles. The third-order valence-electron chi connectivity index (χ3n) is 3.20. The lowest BCUT2D eigenvalue weighted by atomic mass is 10.2. The van der Waals surface area contributed by atoms with Crippen molar-refractivity contribution in [1.82, 2.24) is 10.3 Å². The molecule has 1 fully saturated rings. The molecular formula is C15H23FN2O3. The van der Waals surface area contributed by atoms with E-state index in [1.807, 2.05) is 0 Å². The zero-order valence-electron chi connectivity index (χ0n) is 12.4. The van der Waals surface area contributed by atoms with Crippen LogP contribution in [0.3, 0.4) is 0 Å². The fourth-order valence-electron chi connectivity index (χ4n) is 1.85. The van der Waals surface area contributed by atoms with Gasteiger partial charge in [-0.05, 0) is 25.3 Å². The van der Waals surface area contributed by atoms with Gasteiger partial charge in [0.05, 0.1) is 6.61 Å². The molecule has 118 valence electrons. The second kappa shape index (κ2) is 8.92. The van der Waals surface area contributed by atoms with Gasteiger partial charge >= 0.3 is 0 Å². The van der Waals surface area contributed by atoms with E-state index in [2.05, 4.69) is 10.3 Å². The van der Waals surface area contributed by atoms with E-state index >= 15 is 0 Å². The van der Waals surface area contributed by atoms with Gasteiger partial charge in [-0.3, -0.25) is 0 Å². The van der Waals surface area contributed by atoms with Gasteiger partial charge in [-0.1, -0.05) is 0 Å². The lowest BCUT2D eigenvalue weighted by Gasteiger charge is -2.10. The maximum atomic E-state index is 14.1. The number of halogens is 1. The maximum Gasteiger partial charge on any atom is 0.250 e. The summed E-state index contributed by atoms with van der Waals surface area (Å²) in [5.41, 5.74) is 0.591. The fraction of sp³-hybridized carbons (Fsp3) is 0.667. The molecule has 21 heavy (non-hydrogen) atoms. The van der Waals surface area contributed by atoms with Crippen LogP contribution in [0.5, 0.6) is 5.88 Å². The van der Waals surface area contributed by atoms with Crippen molar-refractivity contribution in [2.24, 2.45) is 0 Å². The van der Waals surface area contributed by atoms with Crippen LogP contribution in [0.1, 0.15) is 24.8 Å². The van der Waals surface area contributed by atoms with Crippen LogP contribution in [0, 0.1) is 5.82 Å². The number of rotatable bonds is 11. The van der Waals surface area contributed by atoms with Crippen LogP contribution in [-0.4, -0.2) is 44.6 Å². The molecule has 1 saturated carbocycles. The predicted octanol–water partition coefficient (Wildman–Crippen LogP) is 1.90. The molecule has 6 heteroatoms. The van der Waals surface area contributed by atoms with Gasteiger partial charge in [0.2, 0.25) is 0 Å². The third kappa shape index (κ3) is 5.95. The van der Waals surface area contributed by atoms with Crippen LogP contribution < -0.4 is 10.1 Å². The second-order valence-corrected chi connectivity index (χ2v) is 5.05. The topological polar surface area (TPSA) is 52.6 Å². The van der Waals surface area contributed by atoms with E-state index in [-0.39, 0.29) is 18.3 Å². The maximum absolute atomic E-state index is 14.1. The van der Waals surface area contributed by atoms with Crippen molar-refractivity contribution < 1.29 is 18.6 Å². The van der Waals surface area contributed by atoms with Gasteiger partial charge in [-0.15, -0.1) is 0 Å². The molecule has 0 aromatic carbocycles. The predicted molar refractivity (Wildman–Crippen MR) is 76.9 cm³/mol. The number of nitrogens with zero attached hydrogens (tertiary/aromatic N) is 1. The summed E-state index contributed by atoms with van der Waals surface area (Å²) in [4.78, 5) is 3.93. The number of ether oxygens (including phenoxy) is 3. The SMILES string of the molecule is COCCCOCCOc1nccc(CNC2CC2)c1F. The fourth-order valence-corrected chi connectivity index (χ4v) is 1.85. The number of hydrogen-bond donors (Lipinski definition) is 1. The van der Waals surface area contributed by atoms with Crippen LogP contribution in [-0.2, 0) is 16.0 Å². The second-order valence-electron chi connectivity index (χ2n) is 5.05. The minimum absolute atomic E-state index is 0.0468. The minimum Gasteiger partial charge on any atom is -0.473 e. The van der Waals surface area contributed by atoms with Crippen LogP contribution in [0.2, 0.25) is 0 Å². The van der Waals surface area contributed by atoms with Crippen molar-refractivity contribution in [1.29, 1.82) is 0 Å². The number of methoxy groups -OCH3 is 1. The first kappa shape index (κ1) is 16.1. The summed E-state index contributed by atoms with van der Waals surface area (Å²) in [5.74, 6) is -0.337. The molecule has 1 aliphatic rings. The number of hydrogen-bond acceptors (Lipinski definition) is 5. The van der Waals surface area contributed by atoms with Crippen LogP contribution in [0.25, 0.3) is 0 Å². The van der Waals surface area contributed by atoms with Gasteiger partial charge in [0.25, 0.3) is 5.88 Å². The Bertz CT molecular complexity index is 427. The molecule has 1 N–H and O–H groups in total. The highest BCUT2D eigenvalue weighted by molar-refractivity contribution is 5.23. The van der Waals surface area contributed by atoms with Crippen molar-refractivity contribution in [3.8, 4) is 5.88 Å². The van der Waals surface area contributed by atoms with Crippen LogP contribution in [0.15, 0.2) is 12.3 Å². The lowest BCUT2D eigenvalue weighted by molar-refractivity contribution is 0.0784. The molecule has 0 radical (unpaired) electrons. The Labute approximate surface area is 124 Å². The summed E-state index contributed by atoms with van der Waals surface area (Å²) in [6.07, 6.45) is 4.76. The first-order valence-electron chi connectivity index (χ1n) is 7.37. The zero-order valence-corrected chi connectivity index (χ0v) is 12.4. The van der Waals surface area contributed by atoms with E-state index in [1.54, 1.807) is 19.4 Å². The Balaban J connectivity index is 1.68. The molecule has 0 atom stereocenters. The number of nitrogens with one attached hydrogen (secondary N) is 1. The quantitative estimate of drug-likeness (QED) is 0.632. The summed E-state index contributed by atoms with van der Waals surface area (Å²) < 4.78 is 29.7. The highest BCUT2D eigenvalue weighted by Gasteiger charge is 2.21. The molecule has 0 unspecified atom stereocenters. The molecule has 0 amide bonds. The Hall–Kier alpha value is -1.24.